The Balaban J connectivity index is 2.57. The third-order valence-corrected chi connectivity index (χ3v) is 4.41. The second kappa shape index (κ2) is 8.30. The fourth-order valence-corrected chi connectivity index (χ4v) is 2.94. The van der Waals surface area contributed by atoms with E-state index in [9.17, 15) is 18.6 Å². The molecule has 2 aromatic carbocycles. The van der Waals surface area contributed by atoms with Gasteiger partial charge in [0.1, 0.15) is 10.6 Å². The average molecular weight is 366 g/mol. The number of aliphatic hydroxyl groups is 2. The van der Waals surface area contributed by atoms with Crippen molar-refractivity contribution in [1.29, 1.82) is 0 Å². The van der Waals surface area contributed by atoms with E-state index in [-0.39, 0.29) is 16.2 Å². The van der Waals surface area contributed by atoms with E-state index in [0.717, 1.165) is 18.9 Å². The molecule has 0 amide bonds. The SMILES string of the molecule is CCCCNc1cc(C(O)O)cc(S(N)(=O)=O)c1Oc1ccccc1. The largest absolute Gasteiger partial charge is 0.454 e. The van der Waals surface area contributed by atoms with Crippen LogP contribution in [0.2, 0.25) is 0 Å². The Morgan fingerprint density at radius 3 is 2.44 bits per heavy atom. The Bertz CT molecular complexity index is 807. The lowest BCUT2D eigenvalue weighted by molar-refractivity contribution is -0.0426. The van der Waals surface area contributed by atoms with Gasteiger partial charge in [-0.25, -0.2) is 13.6 Å². The first kappa shape index (κ1) is 19.2. The zero-order valence-electron chi connectivity index (χ0n) is 13.8. The van der Waals surface area contributed by atoms with E-state index in [1.165, 1.54) is 6.07 Å². The quantitative estimate of drug-likeness (QED) is 0.420. The minimum Gasteiger partial charge on any atom is -0.454 e. The van der Waals surface area contributed by atoms with E-state index in [0.29, 0.717) is 18.0 Å². The van der Waals surface area contributed by atoms with Crippen molar-refractivity contribution in [3.05, 3.63) is 48.0 Å². The van der Waals surface area contributed by atoms with Gasteiger partial charge in [0.05, 0.1) is 5.69 Å². The van der Waals surface area contributed by atoms with Crippen LogP contribution in [0.15, 0.2) is 47.4 Å². The highest BCUT2D eigenvalue weighted by Crippen LogP contribution is 2.38. The van der Waals surface area contributed by atoms with E-state index >= 15 is 0 Å². The van der Waals surface area contributed by atoms with E-state index in [1.54, 1.807) is 30.3 Å². The number of primary sulfonamides is 1. The molecule has 0 atom stereocenters. The standard InChI is InChI=1S/C17H22N2O5S/c1-2-3-9-19-14-10-12(17(20)21)11-15(25(18,22)23)16(14)24-13-7-5-4-6-8-13/h4-8,10-11,17,19-21H,2-3,9H2,1H3,(H2,18,22,23). The van der Waals surface area contributed by atoms with E-state index < -0.39 is 16.3 Å². The van der Waals surface area contributed by atoms with Crippen LogP contribution in [0.25, 0.3) is 0 Å². The number of rotatable bonds is 8. The number of unbranched alkanes of at least 4 members (excludes halogenated alkanes) is 1. The van der Waals surface area contributed by atoms with Crippen molar-refractivity contribution in [3.63, 3.8) is 0 Å². The first-order valence-corrected chi connectivity index (χ1v) is 9.41. The summed E-state index contributed by atoms with van der Waals surface area (Å²) in [5.74, 6) is 0.456. The van der Waals surface area contributed by atoms with Gasteiger partial charge in [-0.1, -0.05) is 31.5 Å². The van der Waals surface area contributed by atoms with Gasteiger partial charge in [-0.15, -0.1) is 0 Å². The maximum absolute atomic E-state index is 12.0. The highest BCUT2D eigenvalue weighted by atomic mass is 32.2. The lowest BCUT2D eigenvalue weighted by atomic mass is 10.1. The maximum Gasteiger partial charge on any atom is 0.241 e. The Labute approximate surface area is 147 Å². The molecule has 0 fully saturated rings. The van der Waals surface area contributed by atoms with Gasteiger partial charge in [0.25, 0.3) is 0 Å². The molecule has 0 radical (unpaired) electrons. The molecule has 0 aliphatic carbocycles. The van der Waals surface area contributed by atoms with E-state index in [2.05, 4.69) is 5.32 Å². The normalized spacial score (nSPS) is 11.6. The molecule has 0 aliphatic rings. The Kier molecular flexibility index (Phi) is 6.38. The third-order valence-electron chi connectivity index (χ3n) is 3.49. The Morgan fingerprint density at radius 2 is 1.88 bits per heavy atom. The minimum atomic E-state index is -4.15. The number of sulfonamides is 1. The molecule has 0 bridgehead atoms. The molecule has 0 unspecified atom stereocenters. The molecule has 136 valence electrons. The molecule has 0 saturated heterocycles. The van der Waals surface area contributed by atoms with Crippen molar-refractivity contribution in [2.75, 3.05) is 11.9 Å². The van der Waals surface area contributed by atoms with Crippen molar-refractivity contribution >= 4 is 15.7 Å². The molecule has 7 nitrogen and oxygen atoms in total. The summed E-state index contributed by atoms with van der Waals surface area (Å²) in [5, 5.41) is 27.3. The summed E-state index contributed by atoms with van der Waals surface area (Å²) in [7, 11) is -4.15. The highest BCUT2D eigenvalue weighted by molar-refractivity contribution is 7.89. The predicted molar refractivity (Wildman–Crippen MR) is 94.9 cm³/mol. The Hall–Kier alpha value is -2.13. The lowest BCUT2D eigenvalue weighted by Gasteiger charge is -2.18. The fourth-order valence-electron chi connectivity index (χ4n) is 2.23. The smallest absolute Gasteiger partial charge is 0.241 e. The van der Waals surface area contributed by atoms with Gasteiger partial charge in [0, 0.05) is 12.1 Å². The number of aliphatic hydroxyl groups excluding tert-OH is 1. The van der Waals surface area contributed by atoms with Gasteiger partial charge in [0.2, 0.25) is 10.0 Å². The number of ether oxygens (including phenoxy) is 1. The number of para-hydroxylation sites is 1. The summed E-state index contributed by atoms with van der Waals surface area (Å²) in [6.07, 6.45) is -0.0498. The van der Waals surface area contributed by atoms with Crippen LogP contribution < -0.4 is 15.2 Å². The van der Waals surface area contributed by atoms with Crippen LogP contribution in [-0.2, 0) is 10.0 Å². The molecule has 8 heteroatoms. The first-order valence-electron chi connectivity index (χ1n) is 7.86. The second-order valence-electron chi connectivity index (χ2n) is 5.51. The van der Waals surface area contributed by atoms with Crippen LogP contribution in [0.1, 0.15) is 31.6 Å². The van der Waals surface area contributed by atoms with Crippen molar-refractivity contribution in [2.45, 2.75) is 31.0 Å². The van der Waals surface area contributed by atoms with Gasteiger partial charge in [0.15, 0.2) is 12.0 Å². The molecule has 0 aliphatic heterocycles. The highest BCUT2D eigenvalue weighted by Gasteiger charge is 2.23. The van der Waals surface area contributed by atoms with E-state index in [4.69, 9.17) is 9.88 Å². The van der Waals surface area contributed by atoms with Crippen LogP contribution >= 0.6 is 0 Å². The van der Waals surface area contributed by atoms with Gasteiger partial charge < -0.3 is 20.3 Å². The lowest BCUT2D eigenvalue weighted by Crippen LogP contribution is -2.16. The van der Waals surface area contributed by atoms with Crippen LogP contribution in [0.3, 0.4) is 0 Å². The van der Waals surface area contributed by atoms with Gasteiger partial charge >= 0.3 is 0 Å². The second-order valence-corrected chi connectivity index (χ2v) is 7.04. The zero-order valence-corrected chi connectivity index (χ0v) is 14.7. The molecule has 0 heterocycles. The molecule has 25 heavy (non-hydrogen) atoms. The van der Waals surface area contributed by atoms with Crippen LogP contribution in [-0.4, -0.2) is 25.2 Å². The van der Waals surface area contributed by atoms with Gasteiger partial charge in [-0.3, -0.25) is 0 Å². The van der Waals surface area contributed by atoms with Crippen molar-refractivity contribution in [3.8, 4) is 11.5 Å². The number of anilines is 1. The maximum atomic E-state index is 12.0. The summed E-state index contributed by atoms with van der Waals surface area (Å²) in [5.41, 5.74) is 0.329. The van der Waals surface area contributed by atoms with Crippen LogP contribution in [0.5, 0.6) is 11.5 Å². The summed E-state index contributed by atoms with van der Waals surface area (Å²) in [6.45, 7) is 2.59. The molecule has 0 saturated carbocycles. The number of benzene rings is 2. The third kappa shape index (κ3) is 5.17. The molecule has 0 aromatic heterocycles. The average Bonchev–Trinajstić information content (AvgIpc) is 2.56. The fraction of sp³-hybridized carbons (Fsp3) is 0.294. The monoisotopic (exact) mass is 366 g/mol. The van der Waals surface area contributed by atoms with Crippen molar-refractivity contribution in [2.24, 2.45) is 5.14 Å². The molecule has 2 aromatic rings. The topological polar surface area (TPSA) is 122 Å². The summed E-state index contributed by atoms with van der Waals surface area (Å²) >= 11 is 0. The van der Waals surface area contributed by atoms with Gasteiger partial charge in [-0.2, -0.15) is 0 Å². The first-order chi connectivity index (χ1) is 11.8. The predicted octanol–water partition coefficient (Wildman–Crippen LogP) is 2.32. The number of hydrogen-bond donors (Lipinski definition) is 4. The Morgan fingerprint density at radius 1 is 1.20 bits per heavy atom. The van der Waals surface area contributed by atoms with Crippen LogP contribution in [0, 0.1) is 0 Å². The van der Waals surface area contributed by atoms with Crippen molar-refractivity contribution in [1.82, 2.24) is 0 Å². The number of hydrogen-bond acceptors (Lipinski definition) is 6. The summed E-state index contributed by atoms with van der Waals surface area (Å²) < 4.78 is 29.8. The number of nitrogens with two attached hydrogens (primary N) is 1. The zero-order chi connectivity index (χ0) is 18.4. The molecular weight excluding hydrogens is 344 g/mol. The van der Waals surface area contributed by atoms with E-state index in [1.807, 2.05) is 6.92 Å². The van der Waals surface area contributed by atoms with Gasteiger partial charge in [-0.05, 0) is 30.7 Å². The number of nitrogens with one attached hydrogen (secondary N) is 1. The molecule has 2 rings (SSSR count). The molecule has 0 spiro atoms. The minimum absolute atomic E-state index is 0.00318. The molecular formula is C17H22N2O5S. The van der Waals surface area contributed by atoms with Crippen molar-refractivity contribution < 1.29 is 23.4 Å². The van der Waals surface area contributed by atoms with Crippen LogP contribution in [0.4, 0.5) is 5.69 Å². The summed E-state index contributed by atoms with van der Waals surface area (Å²) in [4.78, 5) is -0.319. The molecule has 5 N–H and O–H groups in total. The summed E-state index contributed by atoms with van der Waals surface area (Å²) in [6, 6.07) is 11.2.